The first kappa shape index (κ1) is 53.2. The van der Waals surface area contributed by atoms with E-state index in [1.807, 2.05) is 0 Å². The van der Waals surface area contributed by atoms with Crippen LogP contribution in [0.25, 0.3) is 0 Å². The molecular formula is C46H84NO7P. The molecule has 0 aliphatic carbocycles. The fraction of sp³-hybridized carbons (Fsp3) is 0.761. The van der Waals surface area contributed by atoms with E-state index in [0.717, 1.165) is 70.6 Å². The van der Waals surface area contributed by atoms with E-state index in [2.05, 4.69) is 74.6 Å². The van der Waals surface area contributed by atoms with Crippen LogP contribution >= 0.6 is 7.82 Å². The van der Waals surface area contributed by atoms with Crippen molar-refractivity contribution in [1.82, 2.24) is 0 Å². The van der Waals surface area contributed by atoms with Crippen LogP contribution in [-0.2, 0) is 27.9 Å². The molecule has 55 heavy (non-hydrogen) atoms. The molecule has 0 aromatic carbocycles. The maximum atomic E-state index is 12.6. The third kappa shape index (κ3) is 43.2. The monoisotopic (exact) mass is 794 g/mol. The lowest BCUT2D eigenvalue weighted by atomic mass is 10.1. The summed E-state index contributed by atoms with van der Waals surface area (Å²) in [6.45, 7) is 4.77. The number of nitrogens with two attached hydrogens (primary N) is 1. The van der Waals surface area contributed by atoms with Crippen LogP contribution in [0.3, 0.4) is 0 Å². The van der Waals surface area contributed by atoms with Crippen LogP contribution in [0.2, 0.25) is 0 Å². The molecule has 3 N–H and O–H groups in total. The van der Waals surface area contributed by atoms with Gasteiger partial charge in [-0.3, -0.25) is 13.8 Å². The molecule has 0 spiro atoms. The highest BCUT2D eigenvalue weighted by molar-refractivity contribution is 7.47. The molecule has 0 aliphatic heterocycles. The first-order valence-electron chi connectivity index (χ1n) is 22.3. The van der Waals surface area contributed by atoms with E-state index < -0.39 is 13.9 Å². The van der Waals surface area contributed by atoms with Gasteiger partial charge < -0.3 is 20.1 Å². The molecule has 2 atom stereocenters. The quantitative estimate of drug-likeness (QED) is 0.0271. The third-order valence-corrected chi connectivity index (χ3v) is 10.2. The summed E-state index contributed by atoms with van der Waals surface area (Å²) >= 11 is 0. The Morgan fingerprint density at radius 1 is 0.564 bits per heavy atom. The second-order valence-electron chi connectivity index (χ2n) is 14.5. The van der Waals surface area contributed by atoms with Gasteiger partial charge in [-0.1, -0.05) is 164 Å². The standard InChI is InChI=1S/C46H84NO7P/c1-3-5-7-9-11-13-15-17-19-21-22-24-26-28-30-32-34-36-38-41-51-43-45(44-53-55(49,50)52-42-40-47)54-46(48)39-37-35-33-31-29-27-25-23-20-18-16-14-12-10-8-6-4-2/h6,8,12,14,18-21,25,27,45H,3-5,7,9-11,13,15-17,22-24,26,28-44,47H2,1-2H3,(H,49,50)/b8-6-,14-12-,20-18-,21-19-,27-25-. The summed E-state index contributed by atoms with van der Waals surface area (Å²) in [5.74, 6) is -0.355. The topological polar surface area (TPSA) is 117 Å². The van der Waals surface area contributed by atoms with Gasteiger partial charge in [0, 0.05) is 19.6 Å². The van der Waals surface area contributed by atoms with Crippen molar-refractivity contribution in [2.45, 2.75) is 193 Å². The number of hydrogen-bond donors (Lipinski definition) is 2. The molecule has 9 heteroatoms. The molecule has 0 aromatic heterocycles. The number of carbonyl (C=O) groups excluding carboxylic acids is 1. The molecule has 0 rings (SSSR count). The maximum Gasteiger partial charge on any atom is 0.472 e. The molecule has 0 aromatic rings. The number of allylic oxidation sites excluding steroid dienone is 10. The molecule has 2 unspecified atom stereocenters. The highest BCUT2D eigenvalue weighted by atomic mass is 31.2. The Morgan fingerprint density at radius 3 is 1.55 bits per heavy atom. The minimum atomic E-state index is -4.29. The van der Waals surface area contributed by atoms with Crippen molar-refractivity contribution < 1.29 is 32.8 Å². The highest BCUT2D eigenvalue weighted by Gasteiger charge is 2.25. The summed E-state index contributed by atoms with van der Waals surface area (Å²) in [7, 11) is -4.29. The van der Waals surface area contributed by atoms with Crippen LogP contribution < -0.4 is 5.73 Å². The SMILES string of the molecule is CC/C=C\C/C=C\C/C=C\C/C=C\CCCCCCC(=O)OC(COCCCCCCCCCC/C=C\CCCCCCCCC)COP(=O)(O)OCCN. The zero-order valence-electron chi connectivity index (χ0n) is 35.4. The number of rotatable bonds is 42. The average molecular weight is 794 g/mol. The van der Waals surface area contributed by atoms with Gasteiger partial charge in [-0.05, 0) is 77.0 Å². The van der Waals surface area contributed by atoms with Crippen molar-refractivity contribution in [3.8, 4) is 0 Å². The number of ether oxygens (including phenoxy) is 2. The van der Waals surface area contributed by atoms with Crippen molar-refractivity contribution >= 4 is 13.8 Å². The summed E-state index contributed by atoms with van der Waals surface area (Å²) in [4.78, 5) is 22.5. The number of phosphoric acid groups is 1. The van der Waals surface area contributed by atoms with E-state index >= 15 is 0 Å². The van der Waals surface area contributed by atoms with E-state index in [-0.39, 0.29) is 38.8 Å². The minimum absolute atomic E-state index is 0.0932. The zero-order chi connectivity index (χ0) is 40.2. The van der Waals surface area contributed by atoms with E-state index in [0.29, 0.717) is 6.61 Å². The Balaban J connectivity index is 4.07. The highest BCUT2D eigenvalue weighted by Crippen LogP contribution is 2.43. The summed E-state index contributed by atoms with van der Waals surface area (Å²) in [6.07, 6.45) is 52.4. The van der Waals surface area contributed by atoms with Gasteiger partial charge in [0.1, 0.15) is 6.10 Å². The Labute approximate surface area is 338 Å². The molecule has 8 nitrogen and oxygen atoms in total. The normalized spacial score (nSPS) is 14.0. The van der Waals surface area contributed by atoms with Gasteiger partial charge in [-0.25, -0.2) is 4.57 Å². The van der Waals surface area contributed by atoms with Gasteiger partial charge in [0.15, 0.2) is 0 Å². The predicted octanol–water partition coefficient (Wildman–Crippen LogP) is 13.4. The van der Waals surface area contributed by atoms with Crippen LogP contribution in [0, 0.1) is 0 Å². The fourth-order valence-corrected chi connectivity index (χ4v) is 6.69. The van der Waals surface area contributed by atoms with Gasteiger partial charge >= 0.3 is 13.8 Å². The smallest absolute Gasteiger partial charge is 0.457 e. The second kappa shape index (κ2) is 43.3. The van der Waals surface area contributed by atoms with Gasteiger partial charge in [-0.2, -0.15) is 0 Å². The predicted molar refractivity (Wildman–Crippen MR) is 233 cm³/mol. The van der Waals surface area contributed by atoms with E-state index in [4.69, 9.17) is 24.3 Å². The minimum Gasteiger partial charge on any atom is -0.457 e. The molecule has 320 valence electrons. The van der Waals surface area contributed by atoms with Crippen LogP contribution in [-0.4, -0.2) is 49.9 Å². The number of carbonyl (C=O) groups is 1. The Kier molecular flexibility index (Phi) is 41.9. The number of esters is 1. The van der Waals surface area contributed by atoms with Gasteiger partial charge in [0.2, 0.25) is 0 Å². The molecule has 0 radical (unpaired) electrons. The number of unbranched alkanes of at least 4 members (excludes halogenated alkanes) is 19. The van der Waals surface area contributed by atoms with Crippen LogP contribution in [0.15, 0.2) is 60.8 Å². The third-order valence-electron chi connectivity index (χ3n) is 9.17. The summed E-state index contributed by atoms with van der Waals surface area (Å²) < 4.78 is 33.4. The molecule has 0 amide bonds. The van der Waals surface area contributed by atoms with Crippen molar-refractivity contribution in [3.05, 3.63) is 60.8 Å². The lowest BCUT2D eigenvalue weighted by Crippen LogP contribution is -2.28. The number of phosphoric ester groups is 1. The molecule has 0 fully saturated rings. The lowest BCUT2D eigenvalue weighted by Gasteiger charge is -2.20. The Morgan fingerprint density at radius 2 is 1.02 bits per heavy atom. The van der Waals surface area contributed by atoms with Crippen molar-refractivity contribution in [1.29, 1.82) is 0 Å². The maximum absolute atomic E-state index is 12.6. The van der Waals surface area contributed by atoms with Crippen LogP contribution in [0.1, 0.15) is 187 Å². The average Bonchev–Trinajstić information content (AvgIpc) is 3.17. The largest absolute Gasteiger partial charge is 0.472 e. The number of hydrogen-bond acceptors (Lipinski definition) is 7. The van der Waals surface area contributed by atoms with E-state index in [1.54, 1.807) is 0 Å². The zero-order valence-corrected chi connectivity index (χ0v) is 36.3. The van der Waals surface area contributed by atoms with Gasteiger partial charge in [0.25, 0.3) is 0 Å². The summed E-state index contributed by atoms with van der Waals surface area (Å²) in [5, 5.41) is 0. The molecule has 0 heterocycles. The first-order chi connectivity index (χ1) is 26.9. The van der Waals surface area contributed by atoms with Crippen molar-refractivity contribution in [3.63, 3.8) is 0 Å². The van der Waals surface area contributed by atoms with Crippen LogP contribution in [0.5, 0.6) is 0 Å². The summed E-state index contributed by atoms with van der Waals surface area (Å²) in [6, 6.07) is 0. The second-order valence-corrected chi connectivity index (χ2v) is 16.0. The van der Waals surface area contributed by atoms with Crippen molar-refractivity contribution in [2.24, 2.45) is 5.73 Å². The van der Waals surface area contributed by atoms with Gasteiger partial charge in [-0.15, -0.1) is 0 Å². The lowest BCUT2D eigenvalue weighted by molar-refractivity contribution is -0.154. The molecule has 0 bridgehead atoms. The molecular weight excluding hydrogens is 709 g/mol. The Bertz CT molecular complexity index is 1030. The van der Waals surface area contributed by atoms with Crippen molar-refractivity contribution in [2.75, 3.05) is 33.0 Å². The summed E-state index contributed by atoms with van der Waals surface area (Å²) in [5.41, 5.74) is 5.37. The van der Waals surface area contributed by atoms with Gasteiger partial charge in [0.05, 0.1) is 19.8 Å². The molecule has 0 saturated carbocycles. The van der Waals surface area contributed by atoms with E-state index in [9.17, 15) is 14.3 Å². The first-order valence-corrected chi connectivity index (χ1v) is 23.8. The molecule has 0 saturated heterocycles. The fourth-order valence-electron chi connectivity index (χ4n) is 5.92. The molecule has 0 aliphatic rings. The van der Waals surface area contributed by atoms with Crippen LogP contribution in [0.4, 0.5) is 0 Å². The van der Waals surface area contributed by atoms with E-state index in [1.165, 1.54) is 96.3 Å². The Hall–Kier alpha value is -1.80.